The number of carbonyl (C=O) groups is 1. The molecule has 5 heteroatoms. The molecule has 0 aliphatic rings. The van der Waals surface area contributed by atoms with Crippen molar-refractivity contribution in [3.8, 4) is 50.6 Å². The lowest BCUT2D eigenvalue weighted by Gasteiger charge is -2.21. The minimum Gasteiger partial charge on any atom is -0.497 e. The van der Waals surface area contributed by atoms with E-state index < -0.39 is 5.97 Å². The fourth-order valence-corrected chi connectivity index (χ4v) is 6.99. The van der Waals surface area contributed by atoms with Crippen LogP contribution in [0.5, 0.6) is 17.2 Å². The van der Waals surface area contributed by atoms with Crippen LogP contribution in [-0.4, -0.2) is 33.4 Å². The number of aryl methyl sites for hydroxylation is 1. The summed E-state index contributed by atoms with van der Waals surface area (Å²) in [5, 5.41) is 7.53. The van der Waals surface area contributed by atoms with Gasteiger partial charge >= 0.3 is 5.97 Å². The van der Waals surface area contributed by atoms with E-state index in [0.29, 0.717) is 0 Å². The van der Waals surface area contributed by atoms with Crippen molar-refractivity contribution in [2.45, 2.75) is 26.2 Å². The fraction of sp³-hybridized carbons (Fsp3) is 0.178. The lowest BCUT2D eigenvalue weighted by molar-refractivity contribution is -0.138. The van der Waals surface area contributed by atoms with Gasteiger partial charge in [-0.05, 0) is 133 Å². The van der Waals surface area contributed by atoms with Crippen LogP contribution in [0.3, 0.4) is 0 Å². The zero-order valence-electron chi connectivity index (χ0n) is 28.8. The first-order valence-corrected chi connectivity index (χ1v) is 17.1. The Balaban J connectivity index is 1.44. The third-order valence-corrected chi connectivity index (χ3v) is 9.51. The van der Waals surface area contributed by atoms with E-state index in [1.165, 1.54) is 54.6 Å². The summed E-state index contributed by atoms with van der Waals surface area (Å²) < 4.78 is 21.9. The summed E-state index contributed by atoms with van der Waals surface area (Å²) in [6.07, 6.45) is 4.38. The van der Waals surface area contributed by atoms with Crippen molar-refractivity contribution >= 4 is 38.3 Å². The van der Waals surface area contributed by atoms with Gasteiger partial charge in [-0.25, -0.2) is 4.79 Å². The maximum absolute atomic E-state index is 11.4. The summed E-state index contributed by atoms with van der Waals surface area (Å²) in [6.45, 7) is 6.11. The Kier molecular flexibility index (Phi) is 9.39. The van der Waals surface area contributed by atoms with Crippen molar-refractivity contribution in [2.75, 3.05) is 27.4 Å². The molecule has 0 saturated carbocycles. The number of hydrogen-bond donors (Lipinski definition) is 0. The van der Waals surface area contributed by atoms with Crippen LogP contribution in [0, 0.1) is 0 Å². The third-order valence-electron chi connectivity index (χ3n) is 9.51. The van der Waals surface area contributed by atoms with E-state index in [-0.39, 0.29) is 13.2 Å². The molecule has 7 aromatic rings. The number of rotatable bonds is 13. The van der Waals surface area contributed by atoms with Gasteiger partial charge in [-0.3, -0.25) is 0 Å². The Morgan fingerprint density at radius 3 is 1.54 bits per heavy atom. The Labute approximate surface area is 293 Å². The van der Waals surface area contributed by atoms with Gasteiger partial charge in [0.15, 0.2) is 0 Å². The van der Waals surface area contributed by atoms with E-state index >= 15 is 0 Å². The maximum Gasteiger partial charge on any atom is 0.330 e. The molecule has 0 spiro atoms. The first-order chi connectivity index (χ1) is 24.5. The molecule has 50 heavy (non-hydrogen) atoms. The molecule has 0 aliphatic heterocycles. The standard InChI is InChI=1S/C45H40O5/c1-5-7-8-32-27-40(29-13-19-35(20-14-29)49-25-26-50-43(46)6-2)37-23-24-39-42(31-11-17-34(48-4)18-12-31)28-41(30-9-15-33(47-3)16-10-30)38-22-21-36(32)44(37)45(38)39/h6,9-24,27-28H,2,5,7-8,25-26H2,1,3-4H3. The molecule has 0 radical (unpaired) electrons. The van der Waals surface area contributed by atoms with Crippen LogP contribution < -0.4 is 14.2 Å². The minimum absolute atomic E-state index is 0.166. The summed E-state index contributed by atoms with van der Waals surface area (Å²) in [5.74, 6) is 1.93. The Bertz CT molecular complexity index is 2220. The number of esters is 1. The van der Waals surface area contributed by atoms with Crippen LogP contribution in [0.25, 0.3) is 65.7 Å². The smallest absolute Gasteiger partial charge is 0.330 e. The SMILES string of the molecule is C=CC(=O)OCCOc1ccc(-c2cc(CCCC)c3ccc4c(-c5ccc(OC)cc5)cc(-c5ccc(OC)cc5)c5ccc2c3c45)cc1. The van der Waals surface area contributed by atoms with Gasteiger partial charge in [0.25, 0.3) is 0 Å². The molecule has 0 N–H and O–H groups in total. The van der Waals surface area contributed by atoms with Gasteiger partial charge in [-0.2, -0.15) is 0 Å². The molecule has 0 atom stereocenters. The van der Waals surface area contributed by atoms with Gasteiger partial charge in [0, 0.05) is 6.08 Å². The topological polar surface area (TPSA) is 54.0 Å². The Hall–Kier alpha value is -5.81. The van der Waals surface area contributed by atoms with E-state index in [2.05, 4.69) is 86.3 Å². The molecular weight excluding hydrogens is 620 g/mol. The van der Waals surface area contributed by atoms with Gasteiger partial charge in [0.05, 0.1) is 14.2 Å². The van der Waals surface area contributed by atoms with E-state index in [4.69, 9.17) is 18.9 Å². The quantitative estimate of drug-likeness (QED) is 0.0533. The highest BCUT2D eigenvalue weighted by Crippen LogP contribution is 2.47. The number of methoxy groups -OCH3 is 2. The zero-order valence-corrected chi connectivity index (χ0v) is 28.8. The van der Waals surface area contributed by atoms with E-state index in [1.54, 1.807) is 14.2 Å². The molecule has 7 rings (SSSR count). The number of ether oxygens (including phenoxy) is 4. The van der Waals surface area contributed by atoms with Crippen LogP contribution in [0.4, 0.5) is 0 Å². The Morgan fingerprint density at radius 1 is 0.600 bits per heavy atom. The van der Waals surface area contributed by atoms with Crippen molar-refractivity contribution in [3.63, 3.8) is 0 Å². The molecule has 5 nitrogen and oxygen atoms in total. The minimum atomic E-state index is -0.455. The maximum atomic E-state index is 11.4. The summed E-state index contributed by atoms with van der Waals surface area (Å²) in [5.41, 5.74) is 8.32. The molecule has 0 unspecified atom stereocenters. The molecule has 0 bridgehead atoms. The zero-order chi connectivity index (χ0) is 34.6. The molecule has 0 amide bonds. The van der Waals surface area contributed by atoms with Gasteiger partial charge in [0.2, 0.25) is 0 Å². The number of unbranched alkanes of at least 4 members (excludes halogenated alkanes) is 1. The predicted octanol–water partition coefficient (Wildman–Crippen LogP) is 11.1. The summed E-state index contributed by atoms with van der Waals surface area (Å²) in [7, 11) is 3.40. The highest BCUT2D eigenvalue weighted by molar-refractivity contribution is 6.30. The van der Waals surface area contributed by atoms with E-state index in [1.807, 2.05) is 36.4 Å². The Morgan fingerprint density at radius 2 is 1.06 bits per heavy atom. The highest BCUT2D eigenvalue weighted by Gasteiger charge is 2.20. The fourth-order valence-electron chi connectivity index (χ4n) is 6.99. The van der Waals surface area contributed by atoms with Crippen molar-refractivity contribution in [2.24, 2.45) is 0 Å². The predicted molar refractivity (Wildman–Crippen MR) is 205 cm³/mol. The van der Waals surface area contributed by atoms with Crippen LogP contribution in [0.1, 0.15) is 25.3 Å². The van der Waals surface area contributed by atoms with Crippen molar-refractivity contribution < 1.29 is 23.7 Å². The van der Waals surface area contributed by atoms with Gasteiger partial charge in [0.1, 0.15) is 30.5 Å². The van der Waals surface area contributed by atoms with Crippen molar-refractivity contribution in [1.82, 2.24) is 0 Å². The summed E-state index contributed by atoms with van der Waals surface area (Å²) in [4.78, 5) is 11.4. The van der Waals surface area contributed by atoms with E-state index in [9.17, 15) is 4.79 Å². The first-order valence-electron chi connectivity index (χ1n) is 17.1. The van der Waals surface area contributed by atoms with Gasteiger partial charge in [-0.1, -0.05) is 80.6 Å². The van der Waals surface area contributed by atoms with Gasteiger partial charge in [-0.15, -0.1) is 0 Å². The van der Waals surface area contributed by atoms with Crippen molar-refractivity contribution in [1.29, 1.82) is 0 Å². The van der Waals surface area contributed by atoms with Crippen LogP contribution in [0.2, 0.25) is 0 Å². The van der Waals surface area contributed by atoms with E-state index in [0.717, 1.165) is 59.3 Å². The molecule has 0 aromatic heterocycles. The highest BCUT2D eigenvalue weighted by atomic mass is 16.6. The molecule has 0 fully saturated rings. The lowest BCUT2D eigenvalue weighted by atomic mass is 9.82. The average Bonchev–Trinajstić information content (AvgIpc) is 3.17. The molecule has 0 aliphatic carbocycles. The summed E-state index contributed by atoms with van der Waals surface area (Å²) >= 11 is 0. The largest absolute Gasteiger partial charge is 0.497 e. The van der Waals surface area contributed by atoms with Crippen LogP contribution in [-0.2, 0) is 16.0 Å². The average molecular weight is 661 g/mol. The number of hydrogen-bond acceptors (Lipinski definition) is 5. The summed E-state index contributed by atoms with van der Waals surface area (Å²) in [6, 6.07) is 38.9. The first kappa shape index (κ1) is 32.7. The molecule has 7 aromatic carbocycles. The lowest BCUT2D eigenvalue weighted by Crippen LogP contribution is -2.10. The second kappa shape index (κ2) is 14.4. The molecular formula is C45H40O5. The number of carbonyl (C=O) groups excluding carboxylic acids is 1. The molecule has 250 valence electrons. The van der Waals surface area contributed by atoms with Crippen LogP contribution >= 0.6 is 0 Å². The molecule has 0 heterocycles. The van der Waals surface area contributed by atoms with Crippen LogP contribution in [0.15, 0.2) is 122 Å². The number of benzene rings is 7. The normalized spacial score (nSPS) is 11.3. The molecule has 0 saturated heterocycles. The third kappa shape index (κ3) is 6.23. The second-order valence-corrected chi connectivity index (χ2v) is 12.4. The van der Waals surface area contributed by atoms with Gasteiger partial charge < -0.3 is 18.9 Å². The van der Waals surface area contributed by atoms with Crippen molar-refractivity contribution in [3.05, 3.63) is 127 Å². The monoisotopic (exact) mass is 660 g/mol. The second-order valence-electron chi connectivity index (χ2n) is 12.4.